The minimum Gasteiger partial charge on any atom is -0.378 e. The standard InChI is InChI=1S/C16H19N3O/c1-5-17-19(6-1)9-13-2-3-14-4-7-18(10-15(14)8-13)16-11-20-12-16/h1-3,5-6,8,16H,4,7,9-12H2. The van der Waals surface area contributed by atoms with Crippen LogP contribution in [0.1, 0.15) is 16.7 Å². The van der Waals surface area contributed by atoms with E-state index in [0.717, 1.165) is 32.7 Å². The van der Waals surface area contributed by atoms with Gasteiger partial charge in [0.2, 0.25) is 0 Å². The molecule has 1 aromatic carbocycles. The Labute approximate surface area is 119 Å². The molecule has 2 aliphatic heterocycles. The Balaban J connectivity index is 1.53. The van der Waals surface area contributed by atoms with Gasteiger partial charge in [-0.2, -0.15) is 5.10 Å². The lowest BCUT2D eigenvalue weighted by Gasteiger charge is -2.40. The van der Waals surface area contributed by atoms with Gasteiger partial charge in [0.1, 0.15) is 0 Å². The zero-order chi connectivity index (χ0) is 13.4. The molecule has 0 amide bonds. The number of rotatable bonds is 3. The lowest BCUT2D eigenvalue weighted by atomic mass is 9.96. The molecule has 1 fully saturated rings. The Bertz CT molecular complexity index is 590. The van der Waals surface area contributed by atoms with Crippen LogP contribution in [0.5, 0.6) is 0 Å². The summed E-state index contributed by atoms with van der Waals surface area (Å²) in [6.45, 7) is 4.90. The lowest BCUT2D eigenvalue weighted by Crippen LogP contribution is -2.50. The Morgan fingerprint density at radius 2 is 2.20 bits per heavy atom. The number of aromatic nitrogens is 2. The molecule has 2 aromatic rings. The molecule has 1 saturated heterocycles. The van der Waals surface area contributed by atoms with E-state index in [1.165, 1.54) is 23.2 Å². The first-order valence-corrected chi connectivity index (χ1v) is 7.28. The van der Waals surface area contributed by atoms with Crippen LogP contribution in [0.3, 0.4) is 0 Å². The van der Waals surface area contributed by atoms with Crippen LogP contribution in [0.25, 0.3) is 0 Å². The Morgan fingerprint density at radius 1 is 1.25 bits per heavy atom. The molecule has 0 aliphatic carbocycles. The molecule has 4 heteroatoms. The van der Waals surface area contributed by atoms with Crippen molar-refractivity contribution < 1.29 is 4.74 Å². The molecular formula is C16H19N3O. The Kier molecular flexibility index (Phi) is 3.05. The van der Waals surface area contributed by atoms with E-state index in [-0.39, 0.29) is 0 Å². The molecule has 104 valence electrons. The predicted octanol–water partition coefficient (Wildman–Crippen LogP) is 1.69. The number of hydrogen-bond acceptors (Lipinski definition) is 3. The minimum atomic E-state index is 0.637. The van der Waals surface area contributed by atoms with Gasteiger partial charge in [0.05, 0.1) is 25.8 Å². The first kappa shape index (κ1) is 12.1. The summed E-state index contributed by atoms with van der Waals surface area (Å²) in [5, 5.41) is 4.28. The molecule has 20 heavy (non-hydrogen) atoms. The van der Waals surface area contributed by atoms with Crippen LogP contribution in [0.2, 0.25) is 0 Å². The molecule has 0 bridgehead atoms. The van der Waals surface area contributed by atoms with Gasteiger partial charge in [-0.05, 0) is 29.2 Å². The Hall–Kier alpha value is -1.65. The zero-order valence-corrected chi connectivity index (χ0v) is 11.5. The van der Waals surface area contributed by atoms with E-state index in [4.69, 9.17) is 4.74 Å². The van der Waals surface area contributed by atoms with E-state index in [1.807, 2.05) is 23.1 Å². The molecule has 2 aliphatic rings. The van der Waals surface area contributed by atoms with Gasteiger partial charge < -0.3 is 4.74 Å². The number of fused-ring (bicyclic) bond motifs is 1. The van der Waals surface area contributed by atoms with Gasteiger partial charge in [0, 0.05) is 25.5 Å². The van der Waals surface area contributed by atoms with E-state index < -0.39 is 0 Å². The van der Waals surface area contributed by atoms with Crippen molar-refractivity contribution in [3.8, 4) is 0 Å². The molecule has 0 unspecified atom stereocenters. The molecule has 1 aromatic heterocycles. The predicted molar refractivity (Wildman–Crippen MR) is 76.5 cm³/mol. The summed E-state index contributed by atoms with van der Waals surface area (Å²) in [6.07, 6.45) is 5.00. The maximum Gasteiger partial charge on any atom is 0.0659 e. The second-order valence-corrected chi connectivity index (χ2v) is 5.72. The molecule has 4 rings (SSSR count). The molecule has 0 N–H and O–H groups in total. The summed E-state index contributed by atoms with van der Waals surface area (Å²) in [6, 6.07) is 9.49. The van der Waals surface area contributed by atoms with Crippen molar-refractivity contribution in [3.05, 3.63) is 53.3 Å². The number of hydrogen-bond donors (Lipinski definition) is 0. The SMILES string of the molecule is c1cnn(Cc2ccc3c(c2)CN(C2COC2)CC3)c1. The van der Waals surface area contributed by atoms with Crippen molar-refractivity contribution in [3.63, 3.8) is 0 Å². The van der Waals surface area contributed by atoms with Crippen LogP contribution in [0, 0.1) is 0 Å². The molecule has 0 saturated carbocycles. The third-order valence-corrected chi connectivity index (χ3v) is 4.35. The van der Waals surface area contributed by atoms with E-state index in [9.17, 15) is 0 Å². The van der Waals surface area contributed by atoms with Crippen molar-refractivity contribution >= 4 is 0 Å². The van der Waals surface area contributed by atoms with Gasteiger partial charge in [0.25, 0.3) is 0 Å². The fourth-order valence-electron chi connectivity index (χ4n) is 3.06. The highest BCUT2D eigenvalue weighted by Crippen LogP contribution is 2.24. The molecule has 3 heterocycles. The van der Waals surface area contributed by atoms with E-state index in [1.54, 1.807) is 0 Å². The fraction of sp³-hybridized carbons (Fsp3) is 0.438. The number of ether oxygens (including phenoxy) is 1. The van der Waals surface area contributed by atoms with Gasteiger partial charge in [-0.15, -0.1) is 0 Å². The average molecular weight is 269 g/mol. The van der Waals surface area contributed by atoms with Gasteiger partial charge >= 0.3 is 0 Å². The van der Waals surface area contributed by atoms with Crippen molar-refractivity contribution in [2.75, 3.05) is 19.8 Å². The fourth-order valence-corrected chi connectivity index (χ4v) is 3.06. The number of benzene rings is 1. The first-order chi connectivity index (χ1) is 9.88. The van der Waals surface area contributed by atoms with Crippen molar-refractivity contribution in [1.82, 2.24) is 14.7 Å². The second kappa shape index (κ2) is 5.04. The third kappa shape index (κ3) is 2.25. The number of nitrogens with zero attached hydrogens (tertiary/aromatic N) is 3. The zero-order valence-electron chi connectivity index (χ0n) is 11.5. The maximum atomic E-state index is 5.32. The highest BCUT2D eigenvalue weighted by atomic mass is 16.5. The third-order valence-electron chi connectivity index (χ3n) is 4.35. The summed E-state index contributed by atoms with van der Waals surface area (Å²) >= 11 is 0. The maximum absolute atomic E-state index is 5.32. The Morgan fingerprint density at radius 3 is 2.95 bits per heavy atom. The highest BCUT2D eigenvalue weighted by molar-refractivity contribution is 5.34. The van der Waals surface area contributed by atoms with Crippen LogP contribution in [0.15, 0.2) is 36.7 Å². The summed E-state index contributed by atoms with van der Waals surface area (Å²) in [4.78, 5) is 2.56. The summed E-state index contributed by atoms with van der Waals surface area (Å²) in [5.41, 5.74) is 4.32. The van der Waals surface area contributed by atoms with Gasteiger partial charge in [-0.25, -0.2) is 0 Å². The van der Waals surface area contributed by atoms with Crippen LogP contribution < -0.4 is 0 Å². The van der Waals surface area contributed by atoms with Gasteiger partial charge in [0.15, 0.2) is 0 Å². The summed E-state index contributed by atoms with van der Waals surface area (Å²) in [7, 11) is 0. The van der Waals surface area contributed by atoms with Crippen LogP contribution in [0.4, 0.5) is 0 Å². The smallest absolute Gasteiger partial charge is 0.0659 e. The monoisotopic (exact) mass is 269 g/mol. The van der Waals surface area contributed by atoms with E-state index in [2.05, 4.69) is 28.2 Å². The van der Waals surface area contributed by atoms with Crippen molar-refractivity contribution in [2.24, 2.45) is 0 Å². The molecule has 0 spiro atoms. The summed E-state index contributed by atoms with van der Waals surface area (Å²) < 4.78 is 7.29. The molecule has 0 radical (unpaired) electrons. The lowest BCUT2D eigenvalue weighted by molar-refractivity contribution is -0.0695. The average Bonchev–Trinajstić information content (AvgIpc) is 2.89. The van der Waals surface area contributed by atoms with Crippen molar-refractivity contribution in [2.45, 2.75) is 25.6 Å². The second-order valence-electron chi connectivity index (χ2n) is 5.72. The van der Waals surface area contributed by atoms with Crippen LogP contribution in [-0.2, 0) is 24.2 Å². The van der Waals surface area contributed by atoms with Gasteiger partial charge in [-0.1, -0.05) is 18.2 Å². The highest BCUT2D eigenvalue weighted by Gasteiger charge is 2.28. The molecular weight excluding hydrogens is 250 g/mol. The van der Waals surface area contributed by atoms with Crippen LogP contribution in [-0.4, -0.2) is 40.5 Å². The largest absolute Gasteiger partial charge is 0.378 e. The van der Waals surface area contributed by atoms with E-state index in [0.29, 0.717) is 6.04 Å². The summed E-state index contributed by atoms with van der Waals surface area (Å²) in [5.74, 6) is 0. The molecule has 4 nitrogen and oxygen atoms in total. The van der Waals surface area contributed by atoms with E-state index >= 15 is 0 Å². The van der Waals surface area contributed by atoms with Crippen LogP contribution >= 0.6 is 0 Å². The molecule has 0 atom stereocenters. The normalized spacial score (nSPS) is 19.6. The first-order valence-electron chi connectivity index (χ1n) is 7.28. The minimum absolute atomic E-state index is 0.637. The van der Waals surface area contributed by atoms with Crippen molar-refractivity contribution in [1.29, 1.82) is 0 Å². The topological polar surface area (TPSA) is 30.3 Å². The van der Waals surface area contributed by atoms with Gasteiger partial charge in [-0.3, -0.25) is 9.58 Å². The quantitative estimate of drug-likeness (QED) is 0.849.